The molecule has 0 aliphatic rings. The van der Waals surface area contributed by atoms with E-state index in [1.54, 1.807) is 6.08 Å². The fraction of sp³-hybridized carbons (Fsp3) is 0.368. The molecule has 116 valence electrons. The molecule has 1 atom stereocenters. The van der Waals surface area contributed by atoms with Gasteiger partial charge in [0.25, 0.3) is 0 Å². The van der Waals surface area contributed by atoms with Crippen LogP contribution in [0.4, 0.5) is 0 Å². The van der Waals surface area contributed by atoms with Crippen LogP contribution in [0.3, 0.4) is 0 Å². The second kappa shape index (κ2) is 12.3. The summed E-state index contributed by atoms with van der Waals surface area (Å²) in [6, 6.07) is 0. The summed E-state index contributed by atoms with van der Waals surface area (Å²) in [6.07, 6.45) is 12.5. The number of allylic oxidation sites excluding steroid dienone is 7. The normalized spacial score (nSPS) is 14.0. The van der Waals surface area contributed by atoms with Gasteiger partial charge in [-0.05, 0) is 47.5 Å². The van der Waals surface area contributed by atoms with Gasteiger partial charge in [-0.3, -0.25) is 0 Å². The lowest BCUT2D eigenvalue weighted by Crippen LogP contribution is -2.05. The average Bonchev–Trinajstić information content (AvgIpc) is 2.52. The van der Waals surface area contributed by atoms with Gasteiger partial charge in [-0.15, -0.1) is 0 Å². The lowest BCUT2D eigenvalue weighted by atomic mass is 9.98. The summed E-state index contributed by atoms with van der Waals surface area (Å²) in [7, 11) is 0. The van der Waals surface area contributed by atoms with Crippen LogP contribution in [0, 0.1) is 5.92 Å². The molecule has 0 bridgehead atoms. The predicted molar refractivity (Wildman–Crippen MR) is 100 cm³/mol. The van der Waals surface area contributed by atoms with E-state index in [2.05, 4.69) is 33.2 Å². The summed E-state index contributed by atoms with van der Waals surface area (Å²) in [6.45, 7) is 17.4. The van der Waals surface area contributed by atoms with Gasteiger partial charge >= 0.3 is 0 Å². The van der Waals surface area contributed by atoms with Crippen molar-refractivity contribution in [3.8, 4) is 0 Å². The molecule has 0 aliphatic heterocycles. The molecule has 2 N–H and O–H groups in total. The van der Waals surface area contributed by atoms with Gasteiger partial charge in [-0.25, -0.2) is 0 Å². The summed E-state index contributed by atoms with van der Waals surface area (Å²) >= 11 is 1.97. The standard InChI is InChI=1S/C19H29NS/c1-6-11-16(7-2)14-17(8-3)15-21-13-12-18(9-4)19(20)10-5/h6-7,9-11,17H,1-2,4-5,8,12-15,20H2,3H3/b16-11+,19-18-. The van der Waals surface area contributed by atoms with Crippen molar-refractivity contribution in [1.29, 1.82) is 0 Å². The van der Waals surface area contributed by atoms with Gasteiger partial charge in [0.15, 0.2) is 0 Å². The summed E-state index contributed by atoms with van der Waals surface area (Å²) in [5.74, 6) is 2.88. The molecule has 0 fully saturated rings. The van der Waals surface area contributed by atoms with Crippen LogP contribution in [0.2, 0.25) is 0 Å². The number of hydrogen-bond donors (Lipinski definition) is 1. The van der Waals surface area contributed by atoms with Gasteiger partial charge in [0.2, 0.25) is 0 Å². The molecule has 0 saturated heterocycles. The van der Waals surface area contributed by atoms with E-state index < -0.39 is 0 Å². The molecule has 0 radical (unpaired) electrons. The molecule has 21 heavy (non-hydrogen) atoms. The van der Waals surface area contributed by atoms with Crippen LogP contribution < -0.4 is 5.73 Å². The molecule has 0 aromatic heterocycles. The molecule has 0 heterocycles. The molecule has 1 nitrogen and oxygen atoms in total. The summed E-state index contributed by atoms with van der Waals surface area (Å²) in [5, 5.41) is 0. The van der Waals surface area contributed by atoms with E-state index in [1.807, 2.05) is 36.1 Å². The average molecular weight is 304 g/mol. The minimum atomic E-state index is 0.673. The van der Waals surface area contributed by atoms with E-state index in [0.29, 0.717) is 5.92 Å². The van der Waals surface area contributed by atoms with E-state index in [9.17, 15) is 0 Å². The zero-order valence-electron chi connectivity index (χ0n) is 13.3. The molecule has 0 saturated carbocycles. The monoisotopic (exact) mass is 303 g/mol. The van der Waals surface area contributed by atoms with Crippen LogP contribution in [-0.4, -0.2) is 11.5 Å². The van der Waals surface area contributed by atoms with Crippen molar-refractivity contribution in [1.82, 2.24) is 0 Å². The first kappa shape index (κ1) is 19.6. The summed E-state index contributed by atoms with van der Waals surface area (Å²) in [4.78, 5) is 0. The second-order valence-corrected chi connectivity index (χ2v) is 6.02. The Morgan fingerprint density at radius 3 is 2.33 bits per heavy atom. The third kappa shape index (κ3) is 8.46. The van der Waals surface area contributed by atoms with Crippen LogP contribution in [0.1, 0.15) is 26.2 Å². The Bertz CT molecular complexity index is 415. The van der Waals surface area contributed by atoms with Crippen LogP contribution in [-0.2, 0) is 0 Å². The molecule has 0 spiro atoms. The lowest BCUT2D eigenvalue weighted by molar-refractivity contribution is 0.572. The third-order valence-electron chi connectivity index (χ3n) is 3.40. The van der Waals surface area contributed by atoms with Gasteiger partial charge in [0, 0.05) is 5.70 Å². The van der Waals surface area contributed by atoms with Gasteiger partial charge in [-0.1, -0.05) is 64.0 Å². The van der Waals surface area contributed by atoms with Crippen molar-refractivity contribution >= 4 is 11.8 Å². The van der Waals surface area contributed by atoms with Crippen molar-refractivity contribution in [2.24, 2.45) is 11.7 Å². The van der Waals surface area contributed by atoms with E-state index in [-0.39, 0.29) is 0 Å². The molecule has 0 rings (SSSR count). The first-order chi connectivity index (χ1) is 10.1. The predicted octanol–water partition coefficient (Wildman–Crippen LogP) is 5.41. The zero-order chi connectivity index (χ0) is 16.1. The minimum absolute atomic E-state index is 0.673. The summed E-state index contributed by atoms with van der Waals surface area (Å²) < 4.78 is 0. The molecule has 0 amide bonds. The molecule has 1 unspecified atom stereocenters. The summed E-state index contributed by atoms with van der Waals surface area (Å²) in [5.41, 5.74) is 8.95. The zero-order valence-corrected chi connectivity index (χ0v) is 14.1. The Morgan fingerprint density at radius 2 is 1.86 bits per heavy atom. The maximum Gasteiger partial charge on any atom is 0.0340 e. The Hall–Kier alpha value is -1.41. The quantitative estimate of drug-likeness (QED) is 0.385. The van der Waals surface area contributed by atoms with Gasteiger partial charge < -0.3 is 5.73 Å². The number of rotatable bonds is 12. The highest BCUT2D eigenvalue weighted by Gasteiger charge is 2.08. The highest BCUT2D eigenvalue weighted by atomic mass is 32.2. The number of hydrogen-bond acceptors (Lipinski definition) is 2. The van der Waals surface area contributed by atoms with Crippen LogP contribution in [0.25, 0.3) is 0 Å². The molecular weight excluding hydrogens is 274 g/mol. The van der Waals surface area contributed by atoms with Crippen LogP contribution >= 0.6 is 11.8 Å². The van der Waals surface area contributed by atoms with Crippen molar-refractivity contribution in [3.05, 3.63) is 73.5 Å². The van der Waals surface area contributed by atoms with E-state index in [4.69, 9.17) is 5.73 Å². The van der Waals surface area contributed by atoms with Gasteiger partial charge in [0.05, 0.1) is 0 Å². The van der Waals surface area contributed by atoms with Crippen LogP contribution in [0.5, 0.6) is 0 Å². The van der Waals surface area contributed by atoms with Crippen molar-refractivity contribution in [2.75, 3.05) is 11.5 Å². The maximum atomic E-state index is 5.87. The molecular formula is C19H29NS. The number of thioether (sulfide) groups is 1. The van der Waals surface area contributed by atoms with E-state index in [0.717, 1.165) is 35.6 Å². The first-order valence-electron chi connectivity index (χ1n) is 7.38. The Morgan fingerprint density at radius 1 is 1.14 bits per heavy atom. The Labute approximate surface area is 135 Å². The van der Waals surface area contributed by atoms with Crippen molar-refractivity contribution < 1.29 is 0 Å². The fourth-order valence-electron chi connectivity index (χ4n) is 1.95. The first-order valence-corrected chi connectivity index (χ1v) is 8.53. The third-order valence-corrected chi connectivity index (χ3v) is 4.60. The van der Waals surface area contributed by atoms with Crippen molar-refractivity contribution in [2.45, 2.75) is 26.2 Å². The molecule has 2 heteroatoms. The number of nitrogens with two attached hydrogens (primary N) is 1. The Balaban J connectivity index is 4.27. The topological polar surface area (TPSA) is 26.0 Å². The maximum absolute atomic E-state index is 5.87. The van der Waals surface area contributed by atoms with Gasteiger partial charge in [0.1, 0.15) is 0 Å². The fourth-order valence-corrected chi connectivity index (χ4v) is 3.17. The van der Waals surface area contributed by atoms with Crippen molar-refractivity contribution in [3.63, 3.8) is 0 Å². The van der Waals surface area contributed by atoms with E-state index in [1.165, 1.54) is 12.0 Å². The largest absolute Gasteiger partial charge is 0.399 e. The molecule has 0 aliphatic carbocycles. The van der Waals surface area contributed by atoms with E-state index >= 15 is 0 Å². The smallest absolute Gasteiger partial charge is 0.0340 e. The van der Waals surface area contributed by atoms with Gasteiger partial charge in [-0.2, -0.15) is 11.8 Å². The minimum Gasteiger partial charge on any atom is -0.399 e. The van der Waals surface area contributed by atoms with Crippen LogP contribution in [0.15, 0.2) is 73.5 Å². The Kier molecular flexibility index (Phi) is 11.5. The second-order valence-electron chi connectivity index (χ2n) is 4.87. The highest BCUT2D eigenvalue weighted by molar-refractivity contribution is 7.99. The molecule has 0 aromatic carbocycles. The molecule has 0 aromatic rings. The highest BCUT2D eigenvalue weighted by Crippen LogP contribution is 2.22. The SMILES string of the molecule is C=C/C=C(\C=C)CC(CC)CSCC/C(C=C)=C(\N)C=C. The lowest BCUT2D eigenvalue weighted by Gasteiger charge is -2.15.